The number of hydrogen-bond acceptors (Lipinski definition) is 4. The molecule has 2 aromatic carbocycles. The fraction of sp³-hybridized carbons (Fsp3) is 0.333. The largest absolute Gasteiger partial charge is 0.338 e. The van der Waals surface area contributed by atoms with E-state index in [0.29, 0.717) is 37.3 Å². The first kappa shape index (κ1) is 24.7. The summed E-state index contributed by atoms with van der Waals surface area (Å²) in [6.07, 6.45) is 4.15. The van der Waals surface area contributed by atoms with Crippen LogP contribution in [-0.4, -0.2) is 62.1 Å². The van der Waals surface area contributed by atoms with Gasteiger partial charge in [-0.1, -0.05) is 55.5 Å². The van der Waals surface area contributed by atoms with E-state index in [1.807, 2.05) is 88.1 Å². The summed E-state index contributed by atoms with van der Waals surface area (Å²) in [5, 5.41) is 5.29. The SMILES string of the molecule is CCCN(C(=O)c1cc(-c2ccccc2)nc2c1cnn2CC)C1CCN(C(=O)c2ccccc2)CC1. The van der Waals surface area contributed by atoms with Gasteiger partial charge in [-0.15, -0.1) is 0 Å². The Bertz CT molecular complexity index is 1380. The topological polar surface area (TPSA) is 71.3 Å². The summed E-state index contributed by atoms with van der Waals surface area (Å²) in [7, 11) is 0. The van der Waals surface area contributed by atoms with Gasteiger partial charge in [0.05, 0.1) is 22.8 Å². The maximum Gasteiger partial charge on any atom is 0.254 e. The number of aromatic nitrogens is 3. The monoisotopic (exact) mass is 495 g/mol. The van der Waals surface area contributed by atoms with Crippen LogP contribution in [0.15, 0.2) is 72.9 Å². The maximum absolute atomic E-state index is 14.1. The van der Waals surface area contributed by atoms with Gasteiger partial charge < -0.3 is 9.80 Å². The number of likely N-dealkylation sites (tertiary alicyclic amines) is 1. The lowest BCUT2D eigenvalue weighted by Gasteiger charge is -2.38. The van der Waals surface area contributed by atoms with Gasteiger partial charge in [-0.3, -0.25) is 9.59 Å². The normalized spacial score (nSPS) is 14.2. The summed E-state index contributed by atoms with van der Waals surface area (Å²) in [5.74, 6) is 0.0673. The van der Waals surface area contributed by atoms with E-state index in [1.165, 1.54) is 0 Å². The Hall–Kier alpha value is -4.00. The summed E-state index contributed by atoms with van der Waals surface area (Å²) in [6, 6.07) is 21.4. The number of aryl methyl sites for hydroxylation is 1. The zero-order valence-electron chi connectivity index (χ0n) is 21.5. The van der Waals surface area contributed by atoms with Crippen molar-refractivity contribution in [2.45, 2.75) is 45.7 Å². The molecule has 0 radical (unpaired) electrons. The Morgan fingerprint density at radius 2 is 1.65 bits per heavy atom. The molecule has 3 heterocycles. The van der Waals surface area contributed by atoms with Crippen LogP contribution < -0.4 is 0 Å². The summed E-state index contributed by atoms with van der Waals surface area (Å²) >= 11 is 0. The lowest BCUT2D eigenvalue weighted by Crippen LogP contribution is -2.49. The van der Waals surface area contributed by atoms with Crippen molar-refractivity contribution >= 4 is 22.8 Å². The van der Waals surface area contributed by atoms with E-state index in [0.717, 1.165) is 41.6 Å². The number of carbonyl (C=O) groups excluding carboxylic acids is 2. The molecule has 0 bridgehead atoms. The van der Waals surface area contributed by atoms with Crippen LogP contribution in [0.2, 0.25) is 0 Å². The molecular formula is C30H33N5O2. The van der Waals surface area contributed by atoms with Crippen molar-refractivity contribution in [2.75, 3.05) is 19.6 Å². The molecule has 7 nitrogen and oxygen atoms in total. The summed E-state index contributed by atoms with van der Waals surface area (Å²) in [5.41, 5.74) is 3.82. The third kappa shape index (κ3) is 4.99. The maximum atomic E-state index is 14.1. The second-order valence-electron chi connectivity index (χ2n) is 9.51. The smallest absolute Gasteiger partial charge is 0.254 e. The number of nitrogens with zero attached hydrogens (tertiary/aromatic N) is 5. The van der Waals surface area contributed by atoms with Crippen LogP contribution in [0.4, 0.5) is 0 Å². The molecule has 7 heteroatoms. The number of pyridine rings is 1. The van der Waals surface area contributed by atoms with Crippen molar-refractivity contribution in [1.29, 1.82) is 0 Å². The highest BCUT2D eigenvalue weighted by Crippen LogP contribution is 2.28. The van der Waals surface area contributed by atoms with Crippen molar-refractivity contribution < 1.29 is 9.59 Å². The van der Waals surface area contributed by atoms with Gasteiger partial charge in [-0.25, -0.2) is 9.67 Å². The molecule has 0 atom stereocenters. The minimum atomic E-state index is 0.00919. The van der Waals surface area contributed by atoms with Gasteiger partial charge in [0.1, 0.15) is 0 Å². The van der Waals surface area contributed by atoms with Crippen molar-refractivity contribution in [1.82, 2.24) is 24.6 Å². The van der Waals surface area contributed by atoms with Gasteiger partial charge in [0, 0.05) is 43.3 Å². The minimum absolute atomic E-state index is 0.00919. The highest BCUT2D eigenvalue weighted by molar-refractivity contribution is 6.06. The van der Waals surface area contributed by atoms with E-state index in [2.05, 4.69) is 12.0 Å². The van der Waals surface area contributed by atoms with Crippen molar-refractivity contribution in [2.24, 2.45) is 0 Å². The van der Waals surface area contributed by atoms with Crippen molar-refractivity contribution in [3.8, 4) is 11.3 Å². The van der Waals surface area contributed by atoms with Crippen LogP contribution in [0, 0.1) is 0 Å². The van der Waals surface area contributed by atoms with Crippen molar-refractivity contribution in [3.05, 3.63) is 84.1 Å². The molecule has 0 N–H and O–H groups in total. The third-order valence-electron chi connectivity index (χ3n) is 7.15. The van der Waals surface area contributed by atoms with Crippen LogP contribution in [-0.2, 0) is 6.54 Å². The average molecular weight is 496 g/mol. The van der Waals surface area contributed by atoms with Gasteiger partial charge in [0.15, 0.2) is 5.65 Å². The first-order valence-electron chi connectivity index (χ1n) is 13.2. The Labute approximate surface area is 217 Å². The standard InChI is InChI=1S/C30H33N5O2/c1-3-17-34(24-15-18-33(19-16-24)29(36)23-13-9-6-10-14-23)30(37)25-20-27(22-11-7-5-8-12-22)32-28-26(25)21-31-35(28)4-2/h5-14,20-21,24H,3-4,15-19H2,1-2H3. The Balaban J connectivity index is 1.43. The molecule has 37 heavy (non-hydrogen) atoms. The lowest BCUT2D eigenvalue weighted by molar-refractivity contribution is 0.0520. The molecular weight excluding hydrogens is 462 g/mol. The number of hydrogen-bond donors (Lipinski definition) is 0. The van der Waals surface area contributed by atoms with Gasteiger partial charge in [0.25, 0.3) is 11.8 Å². The van der Waals surface area contributed by atoms with Gasteiger partial charge in [0.2, 0.25) is 0 Å². The third-order valence-corrected chi connectivity index (χ3v) is 7.15. The molecule has 0 aliphatic carbocycles. The molecule has 1 saturated heterocycles. The van der Waals surface area contributed by atoms with E-state index >= 15 is 0 Å². The molecule has 0 unspecified atom stereocenters. The summed E-state index contributed by atoms with van der Waals surface area (Å²) < 4.78 is 1.84. The van der Waals surface area contributed by atoms with Gasteiger partial charge in [-0.2, -0.15) is 5.10 Å². The second kappa shape index (κ2) is 10.9. The highest BCUT2D eigenvalue weighted by atomic mass is 16.2. The van der Waals surface area contributed by atoms with Crippen molar-refractivity contribution in [3.63, 3.8) is 0 Å². The molecule has 1 fully saturated rings. The van der Waals surface area contributed by atoms with E-state index in [4.69, 9.17) is 4.98 Å². The predicted molar refractivity (Wildman–Crippen MR) is 145 cm³/mol. The van der Waals surface area contributed by atoms with Crippen LogP contribution >= 0.6 is 0 Å². The van der Waals surface area contributed by atoms with E-state index in [1.54, 1.807) is 6.20 Å². The van der Waals surface area contributed by atoms with E-state index in [-0.39, 0.29) is 17.9 Å². The van der Waals surface area contributed by atoms with Crippen LogP contribution in [0.3, 0.4) is 0 Å². The van der Waals surface area contributed by atoms with Crippen LogP contribution in [0.25, 0.3) is 22.3 Å². The predicted octanol–water partition coefficient (Wildman–Crippen LogP) is 5.28. The summed E-state index contributed by atoms with van der Waals surface area (Å²) in [4.78, 5) is 35.9. The minimum Gasteiger partial charge on any atom is -0.338 e. The van der Waals surface area contributed by atoms with E-state index in [9.17, 15) is 9.59 Å². The Morgan fingerprint density at radius 3 is 2.30 bits per heavy atom. The van der Waals surface area contributed by atoms with Gasteiger partial charge >= 0.3 is 0 Å². The number of piperidine rings is 1. The first-order chi connectivity index (χ1) is 18.1. The summed E-state index contributed by atoms with van der Waals surface area (Å²) in [6.45, 7) is 6.75. The number of carbonyl (C=O) groups is 2. The number of amides is 2. The molecule has 190 valence electrons. The van der Waals surface area contributed by atoms with Gasteiger partial charge in [-0.05, 0) is 44.4 Å². The molecule has 2 aromatic heterocycles. The molecule has 0 saturated carbocycles. The quantitative estimate of drug-likeness (QED) is 0.350. The fourth-order valence-electron chi connectivity index (χ4n) is 5.20. The Kier molecular flexibility index (Phi) is 7.30. The Morgan fingerprint density at radius 1 is 0.973 bits per heavy atom. The zero-order chi connectivity index (χ0) is 25.8. The average Bonchev–Trinajstić information content (AvgIpc) is 3.39. The highest BCUT2D eigenvalue weighted by Gasteiger charge is 2.31. The molecule has 1 aliphatic heterocycles. The molecule has 0 spiro atoms. The fourth-order valence-corrected chi connectivity index (χ4v) is 5.20. The van der Waals surface area contributed by atoms with E-state index < -0.39 is 0 Å². The molecule has 4 aromatic rings. The number of rotatable bonds is 7. The van der Waals surface area contributed by atoms with Crippen LogP contribution in [0.5, 0.6) is 0 Å². The second-order valence-corrected chi connectivity index (χ2v) is 9.51. The molecule has 2 amide bonds. The molecule has 1 aliphatic rings. The molecule has 5 rings (SSSR count). The van der Waals surface area contributed by atoms with Crippen LogP contribution in [0.1, 0.15) is 53.8 Å². The zero-order valence-corrected chi connectivity index (χ0v) is 21.5. The number of fused-ring (bicyclic) bond motifs is 1. The number of benzene rings is 2. The first-order valence-corrected chi connectivity index (χ1v) is 13.2. The lowest BCUT2D eigenvalue weighted by atomic mass is 9.99.